The van der Waals surface area contributed by atoms with E-state index in [4.69, 9.17) is 9.84 Å². The van der Waals surface area contributed by atoms with Crippen LogP contribution in [0.3, 0.4) is 0 Å². The number of halogens is 1. The molecule has 0 saturated carbocycles. The summed E-state index contributed by atoms with van der Waals surface area (Å²) in [5.41, 5.74) is 1.81. The van der Waals surface area contributed by atoms with E-state index in [2.05, 4.69) is 20.9 Å². The second kappa shape index (κ2) is 5.18. The van der Waals surface area contributed by atoms with Gasteiger partial charge in [-0.25, -0.2) is 4.79 Å². The van der Waals surface area contributed by atoms with Gasteiger partial charge in [-0.2, -0.15) is 0 Å². The fourth-order valence-electron chi connectivity index (χ4n) is 1.56. The highest BCUT2D eigenvalue weighted by atomic mass is 79.9. The van der Waals surface area contributed by atoms with E-state index in [0.29, 0.717) is 10.2 Å². The molecule has 0 radical (unpaired) electrons. The molecular formula is C13H10BrNO3. The van der Waals surface area contributed by atoms with Crippen molar-refractivity contribution in [3.63, 3.8) is 0 Å². The number of pyridine rings is 1. The number of benzene rings is 1. The maximum atomic E-state index is 11.1. The summed E-state index contributed by atoms with van der Waals surface area (Å²) in [6, 6.07) is 6.94. The van der Waals surface area contributed by atoms with Gasteiger partial charge in [0.05, 0.1) is 18.9 Å². The van der Waals surface area contributed by atoms with Crippen molar-refractivity contribution in [3.8, 4) is 16.9 Å². The van der Waals surface area contributed by atoms with Crippen molar-refractivity contribution in [1.29, 1.82) is 0 Å². The molecule has 2 aromatic rings. The van der Waals surface area contributed by atoms with Crippen LogP contribution in [-0.4, -0.2) is 23.2 Å². The third-order valence-corrected chi connectivity index (χ3v) is 3.17. The molecule has 1 N–H and O–H groups in total. The van der Waals surface area contributed by atoms with Crippen molar-refractivity contribution in [2.75, 3.05) is 7.11 Å². The number of ether oxygens (including phenoxy) is 1. The zero-order valence-corrected chi connectivity index (χ0v) is 11.1. The number of methoxy groups -OCH3 is 1. The Morgan fingerprint density at radius 1 is 1.28 bits per heavy atom. The van der Waals surface area contributed by atoms with E-state index in [1.807, 2.05) is 12.1 Å². The van der Waals surface area contributed by atoms with Crippen LogP contribution >= 0.6 is 15.9 Å². The van der Waals surface area contributed by atoms with Gasteiger partial charge in [-0.15, -0.1) is 0 Å². The molecule has 18 heavy (non-hydrogen) atoms. The minimum Gasteiger partial charge on any atom is -0.495 e. The van der Waals surface area contributed by atoms with Crippen LogP contribution in [0.1, 0.15) is 10.4 Å². The van der Waals surface area contributed by atoms with Crippen LogP contribution in [0, 0.1) is 0 Å². The first-order chi connectivity index (χ1) is 8.61. The Morgan fingerprint density at radius 3 is 2.72 bits per heavy atom. The van der Waals surface area contributed by atoms with Crippen molar-refractivity contribution in [2.24, 2.45) is 0 Å². The molecule has 1 aromatic carbocycles. The summed E-state index contributed by atoms with van der Waals surface area (Å²) in [7, 11) is 1.56. The number of aromatic carboxylic acids is 1. The molecule has 0 bridgehead atoms. The quantitative estimate of drug-likeness (QED) is 0.946. The highest BCUT2D eigenvalue weighted by Crippen LogP contribution is 2.27. The van der Waals surface area contributed by atoms with Gasteiger partial charge in [0, 0.05) is 16.2 Å². The minimum atomic E-state index is -0.973. The van der Waals surface area contributed by atoms with Gasteiger partial charge in [-0.3, -0.25) is 4.98 Å². The molecule has 4 nitrogen and oxygen atoms in total. The average molecular weight is 308 g/mol. The van der Waals surface area contributed by atoms with Crippen molar-refractivity contribution < 1.29 is 14.6 Å². The standard InChI is InChI=1S/C13H10BrNO3/c1-18-10-4-9(6-15-7-10)8-2-3-12(14)11(5-8)13(16)17/h2-7H,1H3,(H,16,17). The topological polar surface area (TPSA) is 59.4 Å². The maximum Gasteiger partial charge on any atom is 0.336 e. The van der Waals surface area contributed by atoms with Crippen LogP contribution < -0.4 is 4.74 Å². The summed E-state index contributed by atoms with van der Waals surface area (Å²) < 4.78 is 5.64. The molecule has 1 heterocycles. The maximum absolute atomic E-state index is 11.1. The van der Waals surface area contributed by atoms with Crippen LogP contribution in [0.25, 0.3) is 11.1 Å². The molecule has 92 valence electrons. The highest BCUT2D eigenvalue weighted by molar-refractivity contribution is 9.10. The van der Waals surface area contributed by atoms with E-state index in [-0.39, 0.29) is 5.56 Å². The smallest absolute Gasteiger partial charge is 0.336 e. The van der Waals surface area contributed by atoms with Crippen LogP contribution in [0.15, 0.2) is 41.1 Å². The van der Waals surface area contributed by atoms with E-state index < -0.39 is 5.97 Å². The Bertz CT molecular complexity index is 599. The molecule has 0 atom stereocenters. The van der Waals surface area contributed by atoms with Gasteiger partial charge in [0.15, 0.2) is 0 Å². The molecule has 0 spiro atoms. The Labute approximate surface area is 112 Å². The number of nitrogens with zero attached hydrogens (tertiary/aromatic N) is 1. The number of carboxylic acids is 1. The van der Waals surface area contributed by atoms with Gasteiger partial charge in [0.2, 0.25) is 0 Å². The second-order valence-electron chi connectivity index (χ2n) is 3.61. The zero-order chi connectivity index (χ0) is 13.1. The molecule has 0 unspecified atom stereocenters. The Balaban J connectivity index is 2.50. The summed E-state index contributed by atoms with van der Waals surface area (Å²) >= 11 is 3.21. The lowest BCUT2D eigenvalue weighted by atomic mass is 10.0. The van der Waals surface area contributed by atoms with E-state index in [9.17, 15) is 4.79 Å². The van der Waals surface area contributed by atoms with E-state index in [1.54, 1.807) is 31.6 Å². The van der Waals surface area contributed by atoms with Crippen LogP contribution in [-0.2, 0) is 0 Å². The number of aromatic nitrogens is 1. The van der Waals surface area contributed by atoms with Crippen molar-refractivity contribution in [3.05, 3.63) is 46.7 Å². The number of hydrogen-bond donors (Lipinski definition) is 1. The fraction of sp³-hybridized carbons (Fsp3) is 0.0769. The summed E-state index contributed by atoms with van der Waals surface area (Å²) in [5, 5.41) is 9.07. The lowest BCUT2D eigenvalue weighted by Gasteiger charge is -2.06. The van der Waals surface area contributed by atoms with Gasteiger partial charge in [0.25, 0.3) is 0 Å². The van der Waals surface area contributed by atoms with Gasteiger partial charge < -0.3 is 9.84 Å². The van der Waals surface area contributed by atoms with Crippen LogP contribution in [0.5, 0.6) is 5.75 Å². The molecule has 0 aliphatic heterocycles. The van der Waals surface area contributed by atoms with Crippen LogP contribution in [0.2, 0.25) is 0 Å². The lowest BCUT2D eigenvalue weighted by molar-refractivity contribution is 0.0696. The fourth-order valence-corrected chi connectivity index (χ4v) is 1.97. The SMILES string of the molecule is COc1cncc(-c2ccc(Br)c(C(=O)O)c2)c1. The number of carboxylic acid groups (broad SMARTS) is 1. The Morgan fingerprint density at radius 2 is 2.06 bits per heavy atom. The number of rotatable bonds is 3. The van der Waals surface area contributed by atoms with Gasteiger partial charge in [-0.05, 0) is 39.7 Å². The van der Waals surface area contributed by atoms with Crippen molar-refractivity contribution in [1.82, 2.24) is 4.98 Å². The van der Waals surface area contributed by atoms with Gasteiger partial charge in [-0.1, -0.05) is 6.07 Å². The second-order valence-corrected chi connectivity index (χ2v) is 4.47. The van der Waals surface area contributed by atoms with E-state index >= 15 is 0 Å². The molecule has 5 heteroatoms. The molecule has 0 aliphatic rings. The van der Waals surface area contributed by atoms with Crippen molar-refractivity contribution >= 4 is 21.9 Å². The summed E-state index contributed by atoms with van der Waals surface area (Å²) in [6.07, 6.45) is 3.26. The van der Waals surface area contributed by atoms with Gasteiger partial charge in [0.1, 0.15) is 5.75 Å². The third-order valence-electron chi connectivity index (χ3n) is 2.48. The number of carbonyl (C=O) groups is 1. The molecular weight excluding hydrogens is 298 g/mol. The monoisotopic (exact) mass is 307 g/mol. The Hall–Kier alpha value is -1.88. The highest BCUT2D eigenvalue weighted by Gasteiger charge is 2.10. The predicted octanol–water partition coefficient (Wildman–Crippen LogP) is 3.22. The van der Waals surface area contributed by atoms with E-state index in [1.165, 1.54) is 0 Å². The lowest BCUT2D eigenvalue weighted by Crippen LogP contribution is -1.98. The number of hydrogen-bond acceptors (Lipinski definition) is 3. The minimum absolute atomic E-state index is 0.218. The largest absolute Gasteiger partial charge is 0.495 e. The first kappa shape index (κ1) is 12.6. The molecule has 0 saturated heterocycles. The first-order valence-corrected chi connectivity index (χ1v) is 5.93. The summed E-state index contributed by atoms with van der Waals surface area (Å²) in [6.45, 7) is 0. The zero-order valence-electron chi connectivity index (χ0n) is 9.55. The van der Waals surface area contributed by atoms with E-state index in [0.717, 1.165) is 11.1 Å². The summed E-state index contributed by atoms with van der Waals surface area (Å²) in [4.78, 5) is 15.1. The van der Waals surface area contributed by atoms with Crippen molar-refractivity contribution in [2.45, 2.75) is 0 Å². The Kier molecular flexibility index (Phi) is 3.62. The molecule has 2 rings (SSSR count). The normalized spacial score (nSPS) is 10.1. The first-order valence-electron chi connectivity index (χ1n) is 5.14. The molecule has 0 fully saturated rings. The predicted molar refractivity (Wildman–Crippen MR) is 70.9 cm³/mol. The molecule has 0 amide bonds. The average Bonchev–Trinajstić information content (AvgIpc) is 2.39. The van der Waals surface area contributed by atoms with Gasteiger partial charge >= 0.3 is 5.97 Å². The van der Waals surface area contributed by atoms with Crippen LogP contribution in [0.4, 0.5) is 0 Å². The third kappa shape index (κ3) is 2.51. The molecule has 1 aromatic heterocycles. The molecule has 0 aliphatic carbocycles. The summed E-state index contributed by atoms with van der Waals surface area (Å²) in [5.74, 6) is -0.341.